The minimum Gasteiger partial charge on any atom is -0.367 e. The molecule has 2 rings (SSSR count). The first-order valence-electron chi connectivity index (χ1n) is 9.74. The summed E-state index contributed by atoms with van der Waals surface area (Å²) in [5.74, 6) is 0. The third-order valence-electron chi connectivity index (χ3n) is 3.93. The van der Waals surface area contributed by atoms with Crippen LogP contribution in [0.4, 0.5) is 11.4 Å². The predicted molar refractivity (Wildman–Crippen MR) is 142 cm³/mol. The molecule has 0 N–H and O–H groups in total. The van der Waals surface area contributed by atoms with Crippen LogP contribution in [-0.4, -0.2) is 58.4 Å². The first-order valence-corrected chi connectivity index (χ1v) is 16.6. The van der Waals surface area contributed by atoms with Gasteiger partial charge in [0.25, 0.3) is 0 Å². The van der Waals surface area contributed by atoms with Crippen LogP contribution in [-0.2, 0) is 13.9 Å². The van der Waals surface area contributed by atoms with E-state index in [1.54, 1.807) is 33.6 Å². The van der Waals surface area contributed by atoms with Gasteiger partial charge in [-0.15, -0.1) is 12.6 Å². The lowest BCUT2D eigenvalue weighted by atomic mass is 10.3. The highest BCUT2D eigenvalue weighted by Crippen LogP contribution is 2.38. The van der Waals surface area contributed by atoms with E-state index in [9.17, 15) is 13.9 Å². The molecule has 0 saturated heterocycles. The molecule has 2 aromatic carbocycles. The summed E-state index contributed by atoms with van der Waals surface area (Å²) in [6.45, 7) is 8.72. The molecule has 31 heavy (non-hydrogen) atoms. The van der Waals surface area contributed by atoms with Crippen LogP contribution in [0.1, 0.15) is 6.92 Å². The van der Waals surface area contributed by atoms with Crippen molar-refractivity contribution in [3.63, 3.8) is 0 Å². The molecule has 5 nitrogen and oxygen atoms in total. The Kier molecular flexibility index (Phi) is 11.0. The summed E-state index contributed by atoms with van der Waals surface area (Å²) in [7, 11) is -0.173. The maximum absolute atomic E-state index is 11.7. The number of nitrogens with zero attached hydrogens (tertiary/aromatic N) is 2. The quantitative estimate of drug-likeness (QED) is 0.272. The van der Waals surface area contributed by atoms with Crippen molar-refractivity contribution in [1.82, 2.24) is 0 Å². The Labute approximate surface area is 197 Å². The van der Waals surface area contributed by atoms with Gasteiger partial charge in [0, 0.05) is 42.2 Å². The van der Waals surface area contributed by atoms with Gasteiger partial charge < -0.3 is 18.9 Å². The Morgan fingerprint density at radius 2 is 1.16 bits per heavy atom. The largest absolute Gasteiger partial charge is 0.367 e. The average Bonchev–Trinajstić information content (AvgIpc) is 2.60. The first kappa shape index (κ1) is 27.9. The van der Waals surface area contributed by atoms with Crippen LogP contribution in [0.25, 0.3) is 0 Å². The summed E-state index contributed by atoms with van der Waals surface area (Å²) in [5, 5.41) is 0.0812. The number of thiol groups is 1. The minimum absolute atomic E-state index is 0.0812. The molecule has 0 saturated carbocycles. The highest BCUT2D eigenvalue weighted by molar-refractivity contribution is 8.13. The Bertz CT molecular complexity index is 938. The molecule has 0 atom stereocenters. The van der Waals surface area contributed by atoms with Crippen molar-refractivity contribution in [3.8, 4) is 0 Å². The highest BCUT2D eigenvalue weighted by Gasteiger charge is 2.12. The first-order chi connectivity index (χ1) is 14.2. The maximum atomic E-state index is 11.7. The summed E-state index contributed by atoms with van der Waals surface area (Å²) < 4.78 is 23.3. The van der Waals surface area contributed by atoms with Crippen LogP contribution in [0.2, 0.25) is 0 Å². The van der Waals surface area contributed by atoms with Gasteiger partial charge in [-0.25, -0.2) is 0 Å². The number of anilines is 2. The monoisotopic (exact) mass is 500 g/mol. The van der Waals surface area contributed by atoms with Gasteiger partial charge in [-0.05, 0) is 75.2 Å². The Balaban J connectivity index is 0.000000316. The lowest BCUT2D eigenvalue weighted by Crippen LogP contribution is -2.17. The van der Waals surface area contributed by atoms with E-state index in [0.717, 1.165) is 21.2 Å². The second kappa shape index (κ2) is 12.2. The summed E-state index contributed by atoms with van der Waals surface area (Å²) >= 11 is 5.43. The number of hydrogen-bond donors (Lipinski definition) is 1. The zero-order valence-corrected chi connectivity index (χ0v) is 22.9. The van der Waals surface area contributed by atoms with Crippen molar-refractivity contribution in [3.05, 3.63) is 48.5 Å². The summed E-state index contributed by atoms with van der Waals surface area (Å²) in [6.07, 6.45) is 1.17. The van der Waals surface area contributed by atoms with Crippen LogP contribution in [0.15, 0.2) is 58.3 Å². The fourth-order valence-corrected chi connectivity index (χ4v) is 5.95. The van der Waals surface area contributed by atoms with E-state index in [2.05, 4.69) is 12.6 Å². The van der Waals surface area contributed by atoms with Gasteiger partial charge in [0.1, 0.15) is 14.3 Å². The molecule has 0 spiro atoms. The molecule has 0 aliphatic carbocycles. The van der Waals surface area contributed by atoms with E-state index >= 15 is 0 Å². The molecule has 0 heterocycles. The van der Waals surface area contributed by atoms with Gasteiger partial charge >= 0.3 is 0 Å². The summed E-state index contributed by atoms with van der Waals surface area (Å²) in [4.78, 5) is 16.8. The number of hydrogen-bond acceptors (Lipinski definition) is 7. The smallest absolute Gasteiger partial charge is 0.190 e. The third kappa shape index (κ3) is 12.5. The van der Waals surface area contributed by atoms with Crippen molar-refractivity contribution in [2.45, 2.75) is 16.7 Å². The van der Waals surface area contributed by atoms with E-state index in [1.165, 1.54) is 11.8 Å². The van der Waals surface area contributed by atoms with Gasteiger partial charge in [0.2, 0.25) is 0 Å². The fourth-order valence-electron chi connectivity index (χ4n) is 2.83. The molecular formula is C22H34N2O3P2S2. The molecule has 0 radical (unpaired) electrons. The van der Waals surface area contributed by atoms with Gasteiger partial charge in [-0.3, -0.25) is 4.79 Å². The topological polar surface area (TPSA) is 57.7 Å². The van der Waals surface area contributed by atoms with Gasteiger partial charge in [0.15, 0.2) is 5.12 Å². The zero-order valence-electron chi connectivity index (χ0n) is 19.4. The molecule has 172 valence electrons. The molecule has 2 aromatic rings. The number of thioether (sulfide) groups is 1. The lowest BCUT2D eigenvalue weighted by Gasteiger charge is -2.21. The molecule has 0 aromatic heterocycles. The number of carbonyl (C=O) groups excluding carboxylic acids is 1. The van der Waals surface area contributed by atoms with Crippen LogP contribution >= 0.6 is 38.7 Å². The SMILES string of the molecule is CC(=O)Sc1ccc(N(C)CP(C)(C)=O)cc1.CN(CP(C)(C)=O)c1ccc(S)cc1. The predicted octanol–water partition coefficient (Wildman–Crippen LogP) is 6.33. The van der Waals surface area contributed by atoms with Crippen LogP contribution in [0, 0.1) is 0 Å². The molecule has 0 amide bonds. The Morgan fingerprint density at radius 1 is 0.806 bits per heavy atom. The zero-order chi connectivity index (χ0) is 23.8. The summed E-state index contributed by atoms with van der Waals surface area (Å²) in [5.41, 5.74) is 2.09. The van der Waals surface area contributed by atoms with Crippen molar-refractivity contribution >= 4 is 55.2 Å². The van der Waals surface area contributed by atoms with Crippen molar-refractivity contribution in [1.29, 1.82) is 0 Å². The molecule has 0 aliphatic heterocycles. The maximum Gasteiger partial charge on any atom is 0.190 e. The van der Waals surface area contributed by atoms with E-state index in [0.29, 0.717) is 12.6 Å². The van der Waals surface area contributed by atoms with Crippen LogP contribution < -0.4 is 9.80 Å². The molecule has 0 bridgehead atoms. The second-order valence-electron chi connectivity index (χ2n) is 8.43. The van der Waals surface area contributed by atoms with Crippen molar-refractivity contribution < 1.29 is 13.9 Å². The molecular weight excluding hydrogens is 466 g/mol. The highest BCUT2D eigenvalue weighted by atomic mass is 32.2. The molecule has 0 fully saturated rings. The van der Waals surface area contributed by atoms with Gasteiger partial charge in [-0.2, -0.15) is 0 Å². The number of carbonyl (C=O) groups is 1. The van der Waals surface area contributed by atoms with Gasteiger partial charge in [0.05, 0.1) is 12.6 Å². The minimum atomic E-state index is -2.06. The molecule has 0 aliphatic rings. The van der Waals surface area contributed by atoms with Gasteiger partial charge in [-0.1, -0.05) is 11.8 Å². The van der Waals surface area contributed by atoms with E-state index in [4.69, 9.17) is 0 Å². The average molecular weight is 501 g/mol. The molecule has 9 heteroatoms. The van der Waals surface area contributed by atoms with E-state index in [-0.39, 0.29) is 5.12 Å². The second-order valence-corrected chi connectivity index (χ2v) is 17.1. The standard InChI is InChI=1S/C12H18NO2PS.C10H16NOPS/c1-10(14)17-12-7-5-11(6-8-12)13(2)9-16(3,4)15;1-11(8-13(2,3)12)9-4-6-10(14)7-5-9/h5-8H,9H2,1-4H3;4-7,14H,8H2,1-3H3. The Hall–Kier alpha value is -1.13. The fraction of sp³-hybridized carbons (Fsp3) is 0.409. The normalized spacial score (nSPS) is 11.4. The van der Waals surface area contributed by atoms with E-state index in [1.807, 2.05) is 72.4 Å². The lowest BCUT2D eigenvalue weighted by molar-refractivity contribution is -0.109. The van der Waals surface area contributed by atoms with Crippen molar-refractivity contribution in [2.24, 2.45) is 0 Å². The molecule has 0 unspecified atom stereocenters. The number of rotatable bonds is 7. The third-order valence-corrected chi connectivity index (χ3v) is 7.24. The number of benzene rings is 2. The summed E-state index contributed by atoms with van der Waals surface area (Å²) in [6, 6.07) is 15.6. The van der Waals surface area contributed by atoms with Crippen LogP contribution in [0.5, 0.6) is 0 Å². The van der Waals surface area contributed by atoms with Crippen molar-refractivity contribution in [2.75, 3.05) is 63.1 Å². The van der Waals surface area contributed by atoms with E-state index < -0.39 is 14.3 Å². The van der Waals surface area contributed by atoms with Crippen LogP contribution in [0.3, 0.4) is 0 Å². The Morgan fingerprint density at radius 3 is 1.48 bits per heavy atom.